The molecule has 4 aliphatic rings. The van der Waals surface area contributed by atoms with E-state index in [1.165, 1.54) is 17.1 Å². The van der Waals surface area contributed by atoms with Gasteiger partial charge in [0, 0.05) is 24.6 Å². The van der Waals surface area contributed by atoms with Gasteiger partial charge in [0.25, 0.3) is 0 Å². The highest BCUT2D eigenvalue weighted by molar-refractivity contribution is 5.82. The van der Waals surface area contributed by atoms with Gasteiger partial charge in [-0.1, -0.05) is 12.1 Å². The Labute approximate surface area is 185 Å². The fourth-order valence-electron chi connectivity index (χ4n) is 5.63. The first-order chi connectivity index (χ1) is 15.4. The van der Waals surface area contributed by atoms with Crippen LogP contribution >= 0.6 is 0 Å². The molecule has 0 saturated heterocycles. The second kappa shape index (κ2) is 8.26. The molecule has 0 spiro atoms. The number of fused-ring (bicyclic) bond motifs is 2. The fourth-order valence-corrected chi connectivity index (χ4v) is 5.63. The maximum Gasteiger partial charge on any atom is 0.246 e. The van der Waals surface area contributed by atoms with Crippen molar-refractivity contribution in [3.05, 3.63) is 65.2 Å². The van der Waals surface area contributed by atoms with Crippen molar-refractivity contribution in [3.63, 3.8) is 0 Å². The summed E-state index contributed by atoms with van der Waals surface area (Å²) >= 11 is 0. The Balaban J connectivity index is 1.35. The number of alkyl halides is 1. The van der Waals surface area contributed by atoms with Gasteiger partial charge < -0.3 is 4.74 Å². The molecule has 2 aromatic rings. The highest BCUT2D eigenvalue weighted by Gasteiger charge is 2.52. The Bertz CT molecular complexity index is 1030. The molecule has 1 heterocycles. The Kier molecular flexibility index (Phi) is 5.43. The van der Waals surface area contributed by atoms with Crippen LogP contribution in [0.15, 0.2) is 47.6 Å². The molecule has 1 aliphatic heterocycles. The van der Waals surface area contributed by atoms with Gasteiger partial charge in [-0.25, -0.2) is 18.2 Å². The van der Waals surface area contributed by atoms with E-state index in [1.54, 1.807) is 37.6 Å². The number of carbonyl (C=O) groups excluding carboxylic acids is 1. The van der Waals surface area contributed by atoms with Gasteiger partial charge >= 0.3 is 0 Å². The van der Waals surface area contributed by atoms with Crippen molar-refractivity contribution in [2.24, 2.45) is 28.8 Å². The van der Waals surface area contributed by atoms with Crippen LogP contribution in [0.1, 0.15) is 49.0 Å². The zero-order chi connectivity index (χ0) is 22.4. The third kappa shape index (κ3) is 3.67. The number of rotatable bonds is 5. The Hall–Kier alpha value is -2.83. The van der Waals surface area contributed by atoms with Crippen molar-refractivity contribution < 1.29 is 22.7 Å². The standard InChI is InChI=1S/C25H25F3N2O2/c1-32-20-4-2-3-14(11-20)24(28)21-13-22(16-7-15(21)8-16)25(31)30-23(5-6-29-30)17-9-18(26)12-19(27)10-17/h2-4,6,9-12,15-16,21-24H,5,7-8,13H2,1H3/t15?,16?,21-,22?,23?,24?/m1/s1. The van der Waals surface area contributed by atoms with Crippen LogP contribution in [-0.2, 0) is 4.79 Å². The summed E-state index contributed by atoms with van der Waals surface area (Å²) in [5.74, 6) is -1.06. The molecule has 7 heteroatoms. The van der Waals surface area contributed by atoms with E-state index in [1.807, 2.05) is 0 Å². The number of amides is 1. The van der Waals surface area contributed by atoms with Crippen LogP contribution in [-0.4, -0.2) is 24.2 Å². The van der Waals surface area contributed by atoms with Gasteiger partial charge in [0.05, 0.1) is 13.2 Å². The van der Waals surface area contributed by atoms with Crippen molar-refractivity contribution in [1.82, 2.24) is 5.01 Å². The SMILES string of the molecule is COc1cccc(C(F)[C@@H]2CC(C(=O)N3N=CCC3c3cc(F)cc(F)c3)C3CC2C3)c1. The van der Waals surface area contributed by atoms with E-state index >= 15 is 4.39 Å². The topological polar surface area (TPSA) is 41.9 Å². The molecule has 3 unspecified atom stereocenters. The van der Waals surface area contributed by atoms with E-state index in [4.69, 9.17) is 4.74 Å². The minimum atomic E-state index is -1.18. The fraction of sp³-hybridized carbons (Fsp3) is 0.440. The maximum atomic E-state index is 15.6. The lowest BCUT2D eigenvalue weighted by Crippen LogP contribution is -2.49. The summed E-state index contributed by atoms with van der Waals surface area (Å²) in [4.78, 5) is 13.5. The molecule has 0 aromatic heterocycles. The van der Waals surface area contributed by atoms with Gasteiger partial charge in [0.2, 0.25) is 5.91 Å². The lowest BCUT2D eigenvalue weighted by molar-refractivity contribution is -0.149. The number of hydrogen-bond acceptors (Lipinski definition) is 3. The summed E-state index contributed by atoms with van der Waals surface area (Å²) in [6.45, 7) is 0. The molecule has 0 radical (unpaired) electrons. The normalized spacial score (nSPS) is 29.5. The van der Waals surface area contributed by atoms with Gasteiger partial charge in [-0.05, 0) is 72.4 Å². The monoisotopic (exact) mass is 442 g/mol. The molecule has 2 bridgehead atoms. The largest absolute Gasteiger partial charge is 0.497 e. The Morgan fingerprint density at radius 3 is 2.56 bits per heavy atom. The van der Waals surface area contributed by atoms with E-state index < -0.39 is 23.8 Å². The molecule has 3 aliphatic carbocycles. The molecule has 0 N–H and O–H groups in total. The number of hydrazone groups is 1. The average Bonchev–Trinajstić information content (AvgIpc) is 3.26. The van der Waals surface area contributed by atoms with Gasteiger partial charge in [-0.3, -0.25) is 4.79 Å². The number of carbonyl (C=O) groups is 1. The van der Waals surface area contributed by atoms with Gasteiger partial charge in [0.1, 0.15) is 23.6 Å². The molecule has 1 amide bonds. The van der Waals surface area contributed by atoms with Gasteiger partial charge in [-0.15, -0.1) is 0 Å². The minimum absolute atomic E-state index is 0.181. The van der Waals surface area contributed by atoms with E-state index in [9.17, 15) is 13.6 Å². The first-order valence-corrected chi connectivity index (χ1v) is 11.0. The van der Waals surface area contributed by atoms with Crippen LogP contribution in [0.2, 0.25) is 0 Å². The third-order valence-corrected chi connectivity index (χ3v) is 7.34. The molecule has 6 rings (SSSR count). The number of methoxy groups -OCH3 is 1. The van der Waals surface area contributed by atoms with Crippen LogP contribution in [0, 0.1) is 35.3 Å². The zero-order valence-electron chi connectivity index (χ0n) is 17.8. The van der Waals surface area contributed by atoms with Crippen LogP contribution in [0.3, 0.4) is 0 Å². The minimum Gasteiger partial charge on any atom is -0.497 e. The Morgan fingerprint density at radius 1 is 1.09 bits per heavy atom. The van der Waals surface area contributed by atoms with E-state index in [-0.39, 0.29) is 29.6 Å². The van der Waals surface area contributed by atoms with Gasteiger partial charge in [0.15, 0.2) is 0 Å². The van der Waals surface area contributed by atoms with E-state index in [0.717, 1.165) is 18.9 Å². The number of benzene rings is 2. The van der Waals surface area contributed by atoms with Crippen molar-refractivity contribution in [2.45, 2.75) is 37.9 Å². The van der Waals surface area contributed by atoms with Crippen molar-refractivity contribution in [2.75, 3.05) is 7.11 Å². The number of nitrogens with zero attached hydrogens (tertiary/aromatic N) is 2. The van der Waals surface area contributed by atoms with Gasteiger partial charge in [-0.2, -0.15) is 5.10 Å². The summed E-state index contributed by atoms with van der Waals surface area (Å²) < 4.78 is 48.3. The number of ether oxygens (including phenoxy) is 1. The summed E-state index contributed by atoms with van der Waals surface area (Å²) in [5.41, 5.74) is 0.949. The van der Waals surface area contributed by atoms with Crippen molar-refractivity contribution >= 4 is 12.1 Å². The van der Waals surface area contributed by atoms with Crippen LogP contribution < -0.4 is 4.74 Å². The Morgan fingerprint density at radius 2 is 1.84 bits per heavy atom. The van der Waals surface area contributed by atoms with Crippen LogP contribution in [0.5, 0.6) is 5.75 Å². The second-order valence-electron chi connectivity index (χ2n) is 9.11. The summed E-state index contributed by atoms with van der Waals surface area (Å²) in [6.07, 6.45) is 2.91. The van der Waals surface area contributed by atoms with Crippen LogP contribution in [0.25, 0.3) is 0 Å². The van der Waals surface area contributed by atoms with Crippen LogP contribution in [0.4, 0.5) is 13.2 Å². The highest BCUT2D eigenvalue weighted by Crippen LogP contribution is 2.57. The first kappa shape index (κ1) is 21.0. The summed E-state index contributed by atoms with van der Waals surface area (Å²) in [7, 11) is 1.55. The van der Waals surface area contributed by atoms with E-state index in [2.05, 4.69) is 5.10 Å². The molecule has 4 nitrogen and oxygen atoms in total. The van der Waals surface area contributed by atoms with Crippen molar-refractivity contribution in [1.29, 1.82) is 0 Å². The smallest absolute Gasteiger partial charge is 0.246 e. The quantitative estimate of drug-likeness (QED) is 0.604. The number of halogens is 3. The molecular weight excluding hydrogens is 417 g/mol. The zero-order valence-corrected chi connectivity index (χ0v) is 17.8. The molecule has 32 heavy (non-hydrogen) atoms. The predicted molar refractivity (Wildman–Crippen MR) is 114 cm³/mol. The average molecular weight is 442 g/mol. The maximum absolute atomic E-state index is 15.6. The predicted octanol–water partition coefficient (Wildman–Crippen LogP) is 5.61. The summed E-state index contributed by atoms with van der Waals surface area (Å²) in [6, 6.07) is 9.79. The first-order valence-electron chi connectivity index (χ1n) is 11.0. The van der Waals surface area contributed by atoms with Crippen molar-refractivity contribution in [3.8, 4) is 5.75 Å². The molecule has 3 fully saturated rings. The highest BCUT2D eigenvalue weighted by atomic mass is 19.1. The lowest BCUT2D eigenvalue weighted by Gasteiger charge is -2.52. The second-order valence-corrected chi connectivity index (χ2v) is 9.11. The molecule has 4 atom stereocenters. The third-order valence-electron chi connectivity index (χ3n) is 7.34. The lowest BCUT2D eigenvalue weighted by atomic mass is 9.54. The van der Waals surface area contributed by atoms with E-state index in [0.29, 0.717) is 29.7 Å². The molecule has 3 saturated carbocycles. The summed E-state index contributed by atoms with van der Waals surface area (Å²) in [5, 5.41) is 5.59. The molecular formula is C25H25F3N2O2. The molecule has 168 valence electrons. The molecule has 2 aromatic carbocycles. The number of hydrogen-bond donors (Lipinski definition) is 0.